The van der Waals surface area contributed by atoms with E-state index in [1.54, 1.807) is 0 Å². The van der Waals surface area contributed by atoms with Gasteiger partial charge in [0.2, 0.25) is 0 Å². The van der Waals surface area contributed by atoms with Crippen LogP contribution in [0.25, 0.3) is 0 Å². The number of carboxylic acids is 1. The smallest absolute Gasteiger partial charge is 0.332 e. The molecule has 14 heavy (non-hydrogen) atoms. The minimum atomic E-state index is -1.17. The molecule has 2 N–H and O–H groups in total. The van der Waals surface area contributed by atoms with Crippen LogP contribution in [0.4, 0.5) is 0 Å². The zero-order chi connectivity index (χ0) is 10.4. The summed E-state index contributed by atoms with van der Waals surface area (Å²) in [6.45, 7) is -0.593. The van der Waals surface area contributed by atoms with Crippen molar-refractivity contribution in [2.75, 3.05) is 6.61 Å². The highest BCUT2D eigenvalue weighted by atomic mass is 16.7. The Hall–Kier alpha value is -2.02. The number of hydroxylamine groups is 1. The third-order valence-electron chi connectivity index (χ3n) is 1.21. The molecule has 0 aromatic carbocycles. The predicted octanol–water partition coefficient (Wildman–Crippen LogP) is -0.777. The van der Waals surface area contributed by atoms with Gasteiger partial charge in [-0.05, 0) is 6.07 Å². The van der Waals surface area contributed by atoms with E-state index in [1.165, 1.54) is 18.5 Å². The molecule has 0 aliphatic carbocycles. The molecule has 0 atom stereocenters. The van der Waals surface area contributed by atoms with Crippen molar-refractivity contribution in [3.8, 4) is 0 Å². The molecular formula is C7H7N3O4. The molecule has 1 aromatic heterocycles. The maximum absolute atomic E-state index is 11.1. The summed E-state index contributed by atoms with van der Waals surface area (Å²) in [7, 11) is 0. The molecule has 0 radical (unpaired) electrons. The summed E-state index contributed by atoms with van der Waals surface area (Å²) in [5, 5.41) is 15.1. The van der Waals surface area contributed by atoms with Crippen LogP contribution in [0.1, 0.15) is 10.4 Å². The van der Waals surface area contributed by atoms with E-state index in [9.17, 15) is 9.59 Å². The number of nitrogens with one attached hydrogen (secondary N) is 1. The highest BCUT2D eigenvalue weighted by molar-refractivity contribution is 5.93. The molecule has 0 unspecified atom stereocenters. The Morgan fingerprint density at radius 3 is 2.86 bits per heavy atom. The first-order chi connectivity index (χ1) is 6.70. The Balaban J connectivity index is 2.40. The summed E-state index contributed by atoms with van der Waals surface area (Å²) in [5.74, 6) is -1.74. The van der Waals surface area contributed by atoms with Crippen LogP contribution in [-0.2, 0) is 9.63 Å². The number of aliphatic carboxylic acids is 1. The number of carboxylic acid groups (broad SMARTS) is 1. The lowest BCUT2D eigenvalue weighted by atomic mass is 10.3. The zero-order valence-electron chi connectivity index (χ0n) is 7.01. The molecule has 0 aliphatic heterocycles. The largest absolute Gasteiger partial charge is 0.479 e. The van der Waals surface area contributed by atoms with E-state index >= 15 is 0 Å². The first-order valence-corrected chi connectivity index (χ1v) is 3.61. The van der Waals surface area contributed by atoms with Crippen molar-refractivity contribution in [1.82, 2.24) is 15.7 Å². The molecule has 74 valence electrons. The van der Waals surface area contributed by atoms with E-state index in [1.807, 2.05) is 5.48 Å². The lowest BCUT2D eigenvalue weighted by molar-refractivity contribution is -0.144. The number of aromatic nitrogens is 2. The van der Waals surface area contributed by atoms with Gasteiger partial charge in [0.1, 0.15) is 0 Å². The van der Waals surface area contributed by atoms with Gasteiger partial charge in [-0.2, -0.15) is 10.2 Å². The van der Waals surface area contributed by atoms with E-state index in [0.717, 1.165) is 0 Å². The van der Waals surface area contributed by atoms with Crippen molar-refractivity contribution in [3.63, 3.8) is 0 Å². The highest BCUT2D eigenvalue weighted by Gasteiger charge is 2.05. The van der Waals surface area contributed by atoms with Gasteiger partial charge in [-0.25, -0.2) is 10.3 Å². The Bertz CT molecular complexity index is 327. The average molecular weight is 197 g/mol. The van der Waals surface area contributed by atoms with Crippen LogP contribution >= 0.6 is 0 Å². The summed E-state index contributed by atoms with van der Waals surface area (Å²) in [6.07, 6.45) is 2.57. The van der Waals surface area contributed by atoms with Crippen LogP contribution in [0.5, 0.6) is 0 Å². The minimum absolute atomic E-state index is 0.241. The van der Waals surface area contributed by atoms with Gasteiger partial charge in [0.15, 0.2) is 6.61 Å². The maximum atomic E-state index is 11.1. The monoisotopic (exact) mass is 197 g/mol. The van der Waals surface area contributed by atoms with Gasteiger partial charge in [-0.1, -0.05) is 0 Å². The van der Waals surface area contributed by atoms with Crippen LogP contribution in [0.2, 0.25) is 0 Å². The second-order valence-corrected chi connectivity index (χ2v) is 2.24. The molecule has 7 nitrogen and oxygen atoms in total. The van der Waals surface area contributed by atoms with Crippen molar-refractivity contribution in [1.29, 1.82) is 0 Å². The molecule has 1 heterocycles. The number of carbonyl (C=O) groups excluding carboxylic acids is 1. The number of hydrogen-bond acceptors (Lipinski definition) is 5. The number of carbonyl (C=O) groups is 2. The molecule has 1 aromatic rings. The third kappa shape index (κ3) is 3.15. The van der Waals surface area contributed by atoms with Crippen LogP contribution in [0, 0.1) is 0 Å². The van der Waals surface area contributed by atoms with Crippen LogP contribution in [-0.4, -0.2) is 33.8 Å². The normalized spacial score (nSPS) is 9.43. The predicted molar refractivity (Wildman–Crippen MR) is 43.1 cm³/mol. The Labute approximate surface area is 78.7 Å². The van der Waals surface area contributed by atoms with Gasteiger partial charge >= 0.3 is 5.97 Å². The number of hydrogen-bond donors (Lipinski definition) is 2. The van der Waals surface area contributed by atoms with Crippen molar-refractivity contribution in [3.05, 3.63) is 24.0 Å². The van der Waals surface area contributed by atoms with Gasteiger partial charge in [0.25, 0.3) is 5.91 Å². The second kappa shape index (κ2) is 4.87. The van der Waals surface area contributed by atoms with Crippen molar-refractivity contribution < 1.29 is 19.5 Å². The van der Waals surface area contributed by atoms with E-state index in [0.29, 0.717) is 0 Å². The quantitative estimate of drug-likeness (QED) is 0.614. The standard InChI is InChI=1S/C7H7N3O4/c11-6(12)4-14-10-7(13)5-1-2-8-9-3-5/h1-3H,4H2,(H,10,13)(H,11,12). The van der Waals surface area contributed by atoms with E-state index in [2.05, 4.69) is 15.0 Å². The van der Waals surface area contributed by atoms with Crippen molar-refractivity contribution >= 4 is 11.9 Å². The molecule has 0 fully saturated rings. The fraction of sp³-hybridized carbons (Fsp3) is 0.143. The first-order valence-electron chi connectivity index (χ1n) is 3.61. The molecular weight excluding hydrogens is 190 g/mol. The van der Waals surface area contributed by atoms with Gasteiger partial charge in [0.05, 0.1) is 18.0 Å². The van der Waals surface area contributed by atoms with Gasteiger partial charge in [-0.3, -0.25) is 9.63 Å². The lowest BCUT2D eigenvalue weighted by Gasteiger charge is -2.01. The van der Waals surface area contributed by atoms with Crippen LogP contribution in [0.15, 0.2) is 18.5 Å². The van der Waals surface area contributed by atoms with Crippen molar-refractivity contribution in [2.24, 2.45) is 0 Å². The van der Waals surface area contributed by atoms with Crippen LogP contribution < -0.4 is 5.48 Å². The van der Waals surface area contributed by atoms with Gasteiger partial charge in [-0.15, -0.1) is 0 Å². The fourth-order valence-corrected chi connectivity index (χ4v) is 0.647. The summed E-state index contributed by atoms with van der Waals surface area (Å²) in [4.78, 5) is 25.5. The molecule has 0 saturated heterocycles. The molecule has 0 bridgehead atoms. The Morgan fingerprint density at radius 2 is 2.29 bits per heavy atom. The summed E-state index contributed by atoms with van der Waals surface area (Å²) in [5.41, 5.74) is 2.18. The van der Waals surface area contributed by atoms with Gasteiger partial charge < -0.3 is 5.11 Å². The third-order valence-corrected chi connectivity index (χ3v) is 1.21. The first kappa shape index (κ1) is 10.1. The molecule has 1 amide bonds. The van der Waals surface area contributed by atoms with E-state index in [4.69, 9.17) is 5.11 Å². The van der Waals surface area contributed by atoms with Crippen molar-refractivity contribution in [2.45, 2.75) is 0 Å². The number of rotatable bonds is 4. The summed E-state index contributed by atoms with van der Waals surface area (Å²) >= 11 is 0. The Morgan fingerprint density at radius 1 is 1.50 bits per heavy atom. The maximum Gasteiger partial charge on any atom is 0.332 e. The lowest BCUT2D eigenvalue weighted by Crippen LogP contribution is -2.26. The number of amides is 1. The zero-order valence-corrected chi connectivity index (χ0v) is 7.01. The molecule has 1 rings (SSSR count). The summed E-state index contributed by atoms with van der Waals surface area (Å²) < 4.78 is 0. The van der Waals surface area contributed by atoms with Crippen LogP contribution in [0.3, 0.4) is 0 Å². The topological polar surface area (TPSA) is 101 Å². The van der Waals surface area contributed by atoms with E-state index < -0.39 is 18.5 Å². The SMILES string of the molecule is O=C(O)CONC(=O)c1ccnnc1. The molecule has 0 saturated carbocycles. The summed E-state index contributed by atoms with van der Waals surface area (Å²) in [6, 6.07) is 1.42. The number of nitrogens with zero attached hydrogens (tertiary/aromatic N) is 2. The molecule has 0 aliphatic rings. The molecule has 0 spiro atoms. The average Bonchev–Trinajstić information content (AvgIpc) is 2.18. The Kier molecular flexibility index (Phi) is 3.50. The second-order valence-electron chi connectivity index (χ2n) is 2.24. The molecule has 7 heteroatoms. The van der Waals surface area contributed by atoms with Gasteiger partial charge in [0, 0.05) is 0 Å². The highest BCUT2D eigenvalue weighted by Crippen LogP contribution is 1.92. The van der Waals surface area contributed by atoms with E-state index in [-0.39, 0.29) is 5.56 Å². The fourth-order valence-electron chi connectivity index (χ4n) is 0.647. The minimum Gasteiger partial charge on any atom is -0.479 e.